The molecule has 1 aliphatic rings. The monoisotopic (exact) mass is 393 g/mol. The van der Waals surface area contributed by atoms with Crippen LogP contribution in [-0.2, 0) is 10.0 Å². The van der Waals surface area contributed by atoms with Crippen LogP contribution in [0, 0.1) is 15.9 Å². The van der Waals surface area contributed by atoms with Crippen LogP contribution in [0.5, 0.6) is 0 Å². The Labute approximate surface area is 157 Å². The number of halogens is 1. The molecule has 2 aromatic carbocycles. The first-order valence-electron chi connectivity index (χ1n) is 8.59. The van der Waals surface area contributed by atoms with Crippen molar-refractivity contribution in [2.45, 2.75) is 30.7 Å². The molecule has 0 saturated carbocycles. The van der Waals surface area contributed by atoms with Gasteiger partial charge < -0.3 is 5.32 Å². The van der Waals surface area contributed by atoms with E-state index in [1.54, 1.807) is 19.1 Å². The van der Waals surface area contributed by atoms with Crippen molar-refractivity contribution in [1.29, 1.82) is 0 Å². The maximum Gasteiger partial charge on any atom is 0.293 e. The van der Waals surface area contributed by atoms with Crippen LogP contribution in [0.1, 0.15) is 31.4 Å². The molecule has 0 unspecified atom stereocenters. The van der Waals surface area contributed by atoms with Crippen LogP contribution in [0.15, 0.2) is 47.4 Å². The summed E-state index contributed by atoms with van der Waals surface area (Å²) in [6, 6.07) is 9.34. The molecule has 1 fully saturated rings. The number of hydrogen-bond acceptors (Lipinski definition) is 5. The predicted molar refractivity (Wildman–Crippen MR) is 99.5 cm³/mol. The van der Waals surface area contributed by atoms with E-state index in [4.69, 9.17) is 0 Å². The third-order valence-electron chi connectivity index (χ3n) is 4.61. The Morgan fingerprint density at radius 3 is 2.37 bits per heavy atom. The summed E-state index contributed by atoms with van der Waals surface area (Å²) < 4.78 is 39.7. The fourth-order valence-corrected chi connectivity index (χ4v) is 4.63. The minimum atomic E-state index is -3.74. The summed E-state index contributed by atoms with van der Waals surface area (Å²) in [4.78, 5) is 10.8. The molecule has 2 aromatic rings. The van der Waals surface area contributed by atoms with Crippen LogP contribution in [-0.4, -0.2) is 30.7 Å². The van der Waals surface area contributed by atoms with Crippen molar-refractivity contribution < 1.29 is 17.7 Å². The Kier molecular flexibility index (Phi) is 5.43. The van der Waals surface area contributed by atoms with E-state index in [1.807, 2.05) is 0 Å². The third-order valence-corrected chi connectivity index (χ3v) is 6.51. The molecule has 3 rings (SSSR count). The highest BCUT2D eigenvalue weighted by Crippen LogP contribution is 2.32. The van der Waals surface area contributed by atoms with E-state index in [1.165, 1.54) is 28.6 Å². The van der Waals surface area contributed by atoms with Crippen molar-refractivity contribution in [3.8, 4) is 0 Å². The molecule has 1 heterocycles. The van der Waals surface area contributed by atoms with Crippen molar-refractivity contribution in [2.75, 3.05) is 18.4 Å². The zero-order chi connectivity index (χ0) is 19.6. The molecule has 0 bridgehead atoms. The number of hydrogen-bond donors (Lipinski definition) is 1. The summed E-state index contributed by atoms with van der Waals surface area (Å²) in [5, 5.41) is 14.5. The summed E-state index contributed by atoms with van der Waals surface area (Å²) in [5.41, 5.74) is 0.640. The third kappa shape index (κ3) is 4.09. The molecule has 9 heteroatoms. The zero-order valence-corrected chi connectivity index (χ0v) is 15.6. The highest BCUT2D eigenvalue weighted by Gasteiger charge is 2.29. The number of rotatable bonds is 6. The second-order valence-corrected chi connectivity index (χ2v) is 8.40. The number of anilines is 1. The second kappa shape index (κ2) is 7.61. The molecular formula is C18H20FN3O4S. The number of sulfonamides is 1. The van der Waals surface area contributed by atoms with Gasteiger partial charge in [-0.15, -0.1) is 0 Å². The van der Waals surface area contributed by atoms with Gasteiger partial charge in [0, 0.05) is 25.2 Å². The van der Waals surface area contributed by atoms with Gasteiger partial charge in [-0.1, -0.05) is 12.1 Å². The van der Waals surface area contributed by atoms with E-state index in [-0.39, 0.29) is 28.1 Å². The van der Waals surface area contributed by atoms with Crippen molar-refractivity contribution >= 4 is 21.4 Å². The van der Waals surface area contributed by atoms with E-state index < -0.39 is 14.9 Å². The van der Waals surface area contributed by atoms with E-state index in [0.29, 0.717) is 13.1 Å². The summed E-state index contributed by atoms with van der Waals surface area (Å²) in [6.07, 6.45) is 1.58. The quantitative estimate of drug-likeness (QED) is 0.597. The summed E-state index contributed by atoms with van der Waals surface area (Å²) >= 11 is 0. The lowest BCUT2D eigenvalue weighted by atomic mass is 10.1. The van der Waals surface area contributed by atoms with Crippen LogP contribution in [0.25, 0.3) is 0 Å². The van der Waals surface area contributed by atoms with Crippen molar-refractivity contribution in [3.63, 3.8) is 0 Å². The largest absolute Gasteiger partial charge is 0.373 e. The molecule has 27 heavy (non-hydrogen) atoms. The Bertz CT molecular complexity index is 942. The number of nitrogens with zero attached hydrogens (tertiary/aromatic N) is 2. The van der Waals surface area contributed by atoms with Crippen molar-refractivity contribution in [2.24, 2.45) is 0 Å². The van der Waals surface area contributed by atoms with Crippen LogP contribution in [0.2, 0.25) is 0 Å². The van der Waals surface area contributed by atoms with Gasteiger partial charge in [0.05, 0.1) is 9.82 Å². The van der Waals surface area contributed by atoms with E-state index >= 15 is 0 Å². The van der Waals surface area contributed by atoms with Crippen LogP contribution in [0.3, 0.4) is 0 Å². The van der Waals surface area contributed by atoms with E-state index in [0.717, 1.165) is 24.5 Å². The zero-order valence-electron chi connectivity index (χ0n) is 14.8. The Balaban J connectivity index is 1.90. The molecule has 0 amide bonds. The lowest BCUT2D eigenvalue weighted by molar-refractivity contribution is -0.384. The smallest absolute Gasteiger partial charge is 0.293 e. The molecule has 1 N–H and O–H groups in total. The molecule has 7 nitrogen and oxygen atoms in total. The lowest BCUT2D eigenvalue weighted by Gasteiger charge is -2.18. The molecule has 0 aliphatic carbocycles. The molecule has 0 aromatic heterocycles. The molecule has 0 radical (unpaired) electrons. The van der Waals surface area contributed by atoms with Gasteiger partial charge in [-0.2, -0.15) is 4.31 Å². The minimum absolute atomic E-state index is 0.0870. The number of nitro groups is 1. The molecule has 1 aliphatic heterocycles. The van der Waals surface area contributed by atoms with Gasteiger partial charge in [-0.25, -0.2) is 12.8 Å². The van der Waals surface area contributed by atoms with Gasteiger partial charge in [0.25, 0.3) is 5.69 Å². The van der Waals surface area contributed by atoms with Gasteiger partial charge in [-0.3, -0.25) is 10.1 Å². The SMILES string of the molecule is C[C@@H](Nc1ccc(S(=O)(=O)N2CCCC2)cc1[N+](=O)[O-])c1ccc(F)cc1. The fraction of sp³-hybridized carbons (Fsp3) is 0.333. The second-order valence-electron chi connectivity index (χ2n) is 6.46. The first-order chi connectivity index (χ1) is 12.8. The first-order valence-corrected chi connectivity index (χ1v) is 10.0. The summed E-state index contributed by atoms with van der Waals surface area (Å²) in [6.45, 7) is 2.64. The highest BCUT2D eigenvalue weighted by atomic mass is 32.2. The first kappa shape index (κ1) is 19.2. The van der Waals surface area contributed by atoms with Gasteiger partial charge in [0.1, 0.15) is 11.5 Å². The topological polar surface area (TPSA) is 92.6 Å². The highest BCUT2D eigenvalue weighted by molar-refractivity contribution is 7.89. The summed E-state index contributed by atoms with van der Waals surface area (Å²) in [7, 11) is -3.74. The van der Waals surface area contributed by atoms with E-state index in [9.17, 15) is 22.9 Å². The predicted octanol–water partition coefficient (Wildman–Crippen LogP) is 3.69. The maximum atomic E-state index is 13.1. The normalized spacial score (nSPS) is 16.2. The lowest BCUT2D eigenvalue weighted by Crippen LogP contribution is -2.27. The molecule has 1 atom stereocenters. The number of nitrogens with one attached hydrogen (secondary N) is 1. The molecule has 0 spiro atoms. The van der Waals surface area contributed by atoms with Gasteiger partial charge in [-0.05, 0) is 49.6 Å². The molecule has 1 saturated heterocycles. The molecular weight excluding hydrogens is 373 g/mol. The van der Waals surface area contributed by atoms with Crippen molar-refractivity contribution in [1.82, 2.24) is 4.31 Å². The standard InChI is InChI=1S/C18H20FN3O4S/c1-13(14-4-6-15(19)7-5-14)20-17-9-8-16(12-18(17)22(23)24)27(25,26)21-10-2-3-11-21/h4-9,12-13,20H,2-3,10-11H2,1H3/t13-/m1/s1. The van der Waals surface area contributed by atoms with E-state index in [2.05, 4.69) is 5.32 Å². The Morgan fingerprint density at radius 2 is 1.78 bits per heavy atom. The van der Waals surface area contributed by atoms with Crippen LogP contribution >= 0.6 is 0 Å². The van der Waals surface area contributed by atoms with Crippen LogP contribution < -0.4 is 5.32 Å². The van der Waals surface area contributed by atoms with Crippen LogP contribution in [0.4, 0.5) is 15.8 Å². The van der Waals surface area contributed by atoms with Gasteiger partial charge >= 0.3 is 0 Å². The Hall–Kier alpha value is -2.52. The fourth-order valence-electron chi connectivity index (χ4n) is 3.09. The summed E-state index contributed by atoms with van der Waals surface area (Å²) in [5.74, 6) is -0.367. The van der Waals surface area contributed by atoms with Gasteiger partial charge in [0.15, 0.2) is 0 Å². The van der Waals surface area contributed by atoms with Gasteiger partial charge in [0.2, 0.25) is 10.0 Å². The van der Waals surface area contributed by atoms with Crippen molar-refractivity contribution in [3.05, 3.63) is 64.0 Å². The average molecular weight is 393 g/mol. The minimum Gasteiger partial charge on any atom is -0.373 e. The number of benzene rings is 2. The molecule has 144 valence electrons. The average Bonchev–Trinajstić information content (AvgIpc) is 3.17. The number of nitro benzene ring substituents is 1. The maximum absolute atomic E-state index is 13.1. The Morgan fingerprint density at radius 1 is 1.15 bits per heavy atom.